The van der Waals surface area contributed by atoms with E-state index in [1.54, 1.807) is 6.92 Å². The number of hydrogen-bond acceptors (Lipinski definition) is 6. The van der Waals surface area contributed by atoms with Gasteiger partial charge < -0.3 is 37.2 Å². The molecule has 0 bridgehead atoms. The van der Waals surface area contributed by atoms with E-state index in [1.807, 2.05) is 119 Å². The molecule has 0 fully saturated rings. The van der Waals surface area contributed by atoms with Gasteiger partial charge in [0.05, 0.1) is 12.1 Å². The number of rotatable bonds is 18. The lowest BCUT2D eigenvalue weighted by molar-refractivity contribution is -0.130. The molecule has 0 aliphatic heterocycles. The van der Waals surface area contributed by atoms with E-state index in [9.17, 15) is 24.0 Å². The molecule has 0 aliphatic carbocycles. The maximum Gasteiger partial charge on any atom is 0.319 e. The van der Waals surface area contributed by atoms with Gasteiger partial charge in [-0.05, 0) is 68.0 Å². The number of carbonyl (C=O) groups is 5. The summed E-state index contributed by atoms with van der Waals surface area (Å²) in [7, 11) is 0. The molecule has 7 N–H and O–H groups in total. The van der Waals surface area contributed by atoms with Crippen molar-refractivity contribution in [3.05, 3.63) is 137 Å². The van der Waals surface area contributed by atoms with Gasteiger partial charge in [-0.1, -0.05) is 105 Å². The van der Waals surface area contributed by atoms with Gasteiger partial charge in [-0.3, -0.25) is 19.2 Å². The van der Waals surface area contributed by atoms with Crippen LogP contribution in [0.2, 0.25) is 0 Å². The minimum atomic E-state index is -0.695. The molecule has 0 spiro atoms. The van der Waals surface area contributed by atoms with Gasteiger partial charge in [0.25, 0.3) is 11.8 Å². The first-order valence-electron chi connectivity index (χ1n) is 18.7. The third-order valence-corrected chi connectivity index (χ3v) is 8.98. The SMILES string of the molecule is CCNC(=O)[C@@H](NC(=O)[C@H](C)NC[C@H](Cc1ccccc1)NC(=O)c1cc(NC(=O)NCc2ccccc2)cc(C(=O)N[C@H](C)c2ccccc2)c1)C(C)C. The molecule has 0 radical (unpaired) electrons. The van der Waals surface area contributed by atoms with Crippen molar-refractivity contribution in [1.82, 2.24) is 31.9 Å². The Balaban J connectivity index is 1.54. The molecule has 4 aromatic carbocycles. The van der Waals surface area contributed by atoms with Crippen LogP contribution < -0.4 is 37.2 Å². The van der Waals surface area contributed by atoms with Crippen molar-refractivity contribution in [2.75, 3.05) is 18.4 Å². The van der Waals surface area contributed by atoms with Crippen molar-refractivity contribution in [3.63, 3.8) is 0 Å². The standard InChI is InChI=1S/C43H53N7O5/c1-6-44-42(54)38(28(2)3)50-39(51)30(5)45-27-37(22-31-16-10-7-11-17-31)48-41(53)35-23-34(40(52)47-29(4)33-20-14-9-15-21-33)24-36(25-35)49-43(55)46-26-32-18-12-8-13-19-32/h7-21,23-25,28-30,37-38,45H,6,22,26-27H2,1-5H3,(H,44,54)(H,47,52)(H,48,53)(H,50,51)(H2,46,49,55)/t29-,30+,37+,38+/m1/s1. The Morgan fingerprint density at radius 2 is 1.18 bits per heavy atom. The van der Waals surface area contributed by atoms with E-state index in [-0.39, 0.29) is 53.7 Å². The van der Waals surface area contributed by atoms with Gasteiger partial charge in [0.2, 0.25) is 11.8 Å². The predicted molar refractivity (Wildman–Crippen MR) is 215 cm³/mol. The van der Waals surface area contributed by atoms with Crippen LogP contribution in [0.25, 0.3) is 0 Å². The van der Waals surface area contributed by atoms with Crippen molar-refractivity contribution >= 4 is 35.3 Å². The first-order chi connectivity index (χ1) is 26.4. The fourth-order valence-electron chi connectivity index (χ4n) is 5.87. The number of nitrogens with one attached hydrogen (secondary N) is 7. The van der Waals surface area contributed by atoms with Crippen molar-refractivity contribution in [1.29, 1.82) is 0 Å². The maximum atomic E-state index is 14.0. The Hall–Kier alpha value is -6.01. The Morgan fingerprint density at radius 3 is 1.76 bits per heavy atom. The van der Waals surface area contributed by atoms with Crippen LogP contribution in [0.1, 0.15) is 78.1 Å². The molecule has 0 saturated heterocycles. The van der Waals surface area contributed by atoms with Crippen molar-refractivity contribution in [2.24, 2.45) is 5.92 Å². The number of hydrogen-bond donors (Lipinski definition) is 7. The Morgan fingerprint density at radius 1 is 0.618 bits per heavy atom. The molecule has 0 saturated carbocycles. The summed E-state index contributed by atoms with van der Waals surface area (Å²) in [4.78, 5) is 66.4. The van der Waals surface area contributed by atoms with Gasteiger partial charge in [0.1, 0.15) is 6.04 Å². The number of carbonyl (C=O) groups excluding carboxylic acids is 5. The van der Waals surface area contributed by atoms with E-state index < -0.39 is 36.0 Å². The van der Waals surface area contributed by atoms with E-state index in [0.717, 1.165) is 16.7 Å². The molecule has 4 atom stereocenters. The average Bonchev–Trinajstić information content (AvgIpc) is 3.18. The molecule has 0 heterocycles. The predicted octanol–water partition coefficient (Wildman–Crippen LogP) is 5.10. The van der Waals surface area contributed by atoms with Gasteiger partial charge in [0.15, 0.2) is 0 Å². The minimum absolute atomic E-state index is 0.124. The van der Waals surface area contributed by atoms with Crippen molar-refractivity contribution in [2.45, 2.75) is 71.8 Å². The average molecular weight is 748 g/mol. The number of likely N-dealkylation sites (N-methyl/N-ethyl adjacent to an activating group) is 1. The molecule has 0 aromatic heterocycles. The van der Waals surface area contributed by atoms with Gasteiger partial charge >= 0.3 is 6.03 Å². The summed E-state index contributed by atoms with van der Waals surface area (Å²) in [5, 5.41) is 20.5. The van der Waals surface area contributed by atoms with E-state index >= 15 is 0 Å². The number of urea groups is 1. The van der Waals surface area contributed by atoms with Crippen LogP contribution in [0.3, 0.4) is 0 Å². The van der Waals surface area contributed by atoms with Gasteiger partial charge in [0, 0.05) is 42.5 Å². The van der Waals surface area contributed by atoms with E-state index in [2.05, 4.69) is 37.2 Å². The topological polar surface area (TPSA) is 170 Å². The fourth-order valence-corrected chi connectivity index (χ4v) is 5.87. The number of benzene rings is 4. The zero-order valence-corrected chi connectivity index (χ0v) is 32.1. The lowest BCUT2D eigenvalue weighted by atomic mass is 10.0. The third-order valence-electron chi connectivity index (χ3n) is 8.98. The van der Waals surface area contributed by atoms with Crippen molar-refractivity contribution < 1.29 is 24.0 Å². The van der Waals surface area contributed by atoms with E-state index in [0.29, 0.717) is 13.0 Å². The molecule has 290 valence electrons. The molecule has 12 nitrogen and oxygen atoms in total. The summed E-state index contributed by atoms with van der Waals surface area (Å²) < 4.78 is 0. The monoisotopic (exact) mass is 747 g/mol. The molecule has 12 heteroatoms. The highest BCUT2D eigenvalue weighted by Gasteiger charge is 2.27. The van der Waals surface area contributed by atoms with Gasteiger partial charge in [-0.2, -0.15) is 0 Å². The van der Waals surface area contributed by atoms with E-state index in [4.69, 9.17) is 0 Å². The lowest BCUT2D eigenvalue weighted by Crippen LogP contribution is -2.55. The van der Waals surface area contributed by atoms with Crippen LogP contribution in [0.4, 0.5) is 10.5 Å². The second-order valence-electron chi connectivity index (χ2n) is 13.8. The zero-order chi connectivity index (χ0) is 39.7. The third kappa shape index (κ3) is 13.4. The normalized spacial score (nSPS) is 13.1. The summed E-state index contributed by atoms with van der Waals surface area (Å²) in [5.74, 6) is -1.62. The first kappa shape index (κ1) is 41.7. The summed E-state index contributed by atoms with van der Waals surface area (Å²) in [5.41, 5.74) is 3.38. The molecule has 6 amide bonds. The minimum Gasteiger partial charge on any atom is -0.355 e. The summed E-state index contributed by atoms with van der Waals surface area (Å²) in [6, 6.07) is 30.4. The fraction of sp³-hybridized carbons (Fsp3) is 0.326. The second-order valence-corrected chi connectivity index (χ2v) is 13.8. The Kier molecular flexibility index (Phi) is 16.0. The quantitative estimate of drug-likeness (QED) is 0.0748. The van der Waals surface area contributed by atoms with Gasteiger partial charge in [-0.25, -0.2) is 4.79 Å². The van der Waals surface area contributed by atoms with Crippen LogP contribution >= 0.6 is 0 Å². The van der Waals surface area contributed by atoms with Crippen molar-refractivity contribution in [3.8, 4) is 0 Å². The summed E-state index contributed by atoms with van der Waals surface area (Å²) >= 11 is 0. The van der Waals surface area contributed by atoms with Crippen LogP contribution in [0, 0.1) is 5.92 Å². The smallest absolute Gasteiger partial charge is 0.319 e. The second kappa shape index (κ2) is 21.0. The first-order valence-corrected chi connectivity index (χ1v) is 18.7. The Labute approximate surface area is 323 Å². The molecule has 4 aromatic rings. The largest absolute Gasteiger partial charge is 0.355 e. The zero-order valence-electron chi connectivity index (χ0n) is 32.1. The summed E-state index contributed by atoms with van der Waals surface area (Å²) in [6.45, 7) is 10.1. The van der Waals surface area contributed by atoms with Crippen LogP contribution in [0.15, 0.2) is 109 Å². The molecular weight excluding hydrogens is 695 g/mol. The molecule has 0 unspecified atom stereocenters. The molecule has 4 rings (SSSR count). The highest BCUT2D eigenvalue weighted by atomic mass is 16.2. The van der Waals surface area contributed by atoms with Gasteiger partial charge in [-0.15, -0.1) is 0 Å². The summed E-state index contributed by atoms with van der Waals surface area (Å²) in [6.07, 6.45) is 0.434. The molecule has 0 aliphatic rings. The Bertz CT molecular complexity index is 1870. The molecule has 55 heavy (non-hydrogen) atoms. The number of anilines is 1. The van der Waals surface area contributed by atoms with Crippen LogP contribution in [-0.2, 0) is 22.6 Å². The lowest BCUT2D eigenvalue weighted by Gasteiger charge is -2.25. The molecular formula is C43H53N7O5. The highest BCUT2D eigenvalue weighted by molar-refractivity contribution is 6.02. The van der Waals surface area contributed by atoms with E-state index in [1.165, 1.54) is 18.2 Å². The highest BCUT2D eigenvalue weighted by Crippen LogP contribution is 2.19. The van der Waals surface area contributed by atoms with Crippen LogP contribution in [-0.4, -0.2) is 60.9 Å². The van der Waals surface area contributed by atoms with Crippen LogP contribution in [0.5, 0.6) is 0 Å². The maximum absolute atomic E-state index is 14.0. The number of amides is 6.